The number of benzene rings is 2. The van der Waals surface area contributed by atoms with Gasteiger partial charge in [-0.15, -0.1) is 0 Å². The fourth-order valence-electron chi connectivity index (χ4n) is 4.82. The van der Waals surface area contributed by atoms with Gasteiger partial charge in [0.2, 0.25) is 0 Å². The van der Waals surface area contributed by atoms with Gasteiger partial charge in [-0.3, -0.25) is 24.3 Å². The largest absolute Gasteiger partial charge is 0.466 e. The number of hydrogen-bond acceptors (Lipinski definition) is 9. The Morgan fingerprint density at radius 1 is 1.05 bits per heavy atom. The Bertz CT molecular complexity index is 1420. The number of esters is 2. The number of methoxy groups -OCH3 is 1. The van der Waals surface area contributed by atoms with E-state index in [1.807, 2.05) is 6.07 Å². The number of ether oxygens (including phenoxy) is 3. The summed E-state index contributed by atoms with van der Waals surface area (Å²) in [5.74, 6) is -4.09. The van der Waals surface area contributed by atoms with E-state index in [-0.39, 0.29) is 44.1 Å². The van der Waals surface area contributed by atoms with E-state index >= 15 is 0 Å². The SMILES string of the molecule is COC(=O)C1=C(COCCN2C(=O)c3ccccc3C2=O)N=C(C)C(C(=O)OCCC#N)C1c1ccccc1Cl. The van der Waals surface area contributed by atoms with Gasteiger partial charge in [-0.1, -0.05) is 41.9 Å². The first-order valence-electron chi connectivity index (χ1n) is 12.5. The van der Waals surface area contributed by atoms with Crippen LogP contribution >= 0.6 is 11.6 Å². The van der Waals surface area contributed by atoms with Crippen LogP contribution in [0.1, 0.15) is 45.5 Å². The molecule has 0 aromatic heterocycles. The summed E-state index contributed by atoms with van der Waals surface area (Å²) in [5, 5.41) is 9.15. The van der Waals surface area contributed by atoms with Crippen LogP contribution in [0.3, 0.4) is 0 Å². The minimum Gasteiger partial charge on any atom is -0.466 e. The van der Waals surface area contributed by atoms with E-state index in [9.17, 15) is 19.2 Å². The lowest BCUT2D eigenvalue weighted by Crippen LogP contribution is -2.37. The van der Waals surface area contributed by atoms with Crippen molar-refractivity contribution in [1.29, 1.82) is 5.26 Å². The zero-order chi connectivity index (χ0) is 28.8. The van der Waals surface area contributed by atoms with Crippen molar-refractivity contribution in [3.05, 3.63) is 81.5 Å². The van der Waals surface area contributed by atoms with E-state index in [4.69, 9.17) is 31.1 Å². The van der Waals surface area contributed by atoms with Crippen LogP contribution in [-0.2, 0) is 23.8 Å². The lowest BCUT2D eigenvalue weighted by atomic mass is 9.75. The van der Waals surface area contributed by atoms with Gasteiger partial charge in [-0.25, -0.2) is 4.79 Å². The molecular weight excluding hydrogens is 538 g/mol. The monoisotopic (exact) mass is 563 g/mol. The highest BCUT2D eigenvalue weighted by Crippen LogP contribution is 2.42. The third kappa shape index (κ3) is 5.66. The third-order valence-electron chi connectivity index (χ3n) is 6.65. The number of fused-ring (bicyclic) bond motifs is 1. The Balaban J connectivity index is 1.60. The summed E-state index contributed by atoms with van der Waals surface area (Å²) in [4.78, 5) is 57.2. The molecule has 2 heterocycles. The first-order chi connectivity index (χ1) is 19.3. The molecule has 0 N–H and O–H groups in total. The molecule has 2 aromatic rings. The summed E-state index contributed by atoms with van der Waals surface area (Å²) in [7, 11) is 1.21. The number of nitriles is 1. The predicted molar refractivity (Wildman–Crippen MR) is 144 cm³/mol. The van der Waals surface area contributed by atoms with Crippen molar-refractivity contribution < 1.29 is 33.4 Å². The Kier molecular flexibility index (Phi) is 9.09. The van der Waals surface area contributed by atoms with Gasteiger partial charge in [0.1, 0.15) is 12.5 Å². The number of aliphatic imine (C=N–C) groups is 1. The number of amides is 2. The Hall–Kier alpha value is -4.33. The van der Waals surface area contributed by atoms with Crippen LogP contribution in [0, 0.1) is 17.2 Å². The van der Waals surface area contributed by atoms with Crippen LogP contribution in [0.4, 0.5) is 0 Å². The van der Waals surface area contributed by atoms with E-state index in [0.717, 1.165) is 4.90 Å². The van der Waals surface area contributed by atoms with Crippen LogP contribution in [0.25, 0.3) is 0 Å². The van der Waals surface area contributed by atoms with Gasteiger partial charge in [0.15, 0.2) is 0 Å². The van der Waals surface area contributed by atoms with Crippen LogP contribution in [0.2, 0.25) is 5.02 Å². The van der Waals surface area contributed by atoms with Gasteiger partial charge >= 0.3 is 11.9 Å². The molecule has 2 aliphatic rings. The molecule has 0 saturated carbocycles. The molecule has 2 aromatic carbocycles. The average molecular weight is 564 g/mol. The topological polar surface area (TPSA) is 135 Å². The van der Waals surface area contributed by atoms with E-state index in [0.29, 0.717) is 27.4 Å². The van der Waals surface area contributed by atoms with E-state index in [1.165, 1.54) is 7.11 Å². The minimum atomic E-state index is -1.00. The molecule has 10 nitrogen and oxygen atoms in total. The van der Waals surface area contributed by atoms with Crippen molar-refractivity contribution in [1.82, 2.24) is 4.90 Å². The van der Waals surface area contributed by atoms with Crippen LogP contribution < -0.4 is 0 Å². The van der Waals surface area contributed by atoms with Crippen molar-refractivity contribution in [2.24, 2.45) is 10.9 Å². The summed E-state index contributed by atoms with van der Waals surface area (Å²) >= 11 is 6.52. The van der Waals surface area contributed by atoms with Crippen LogP contribution in [0.5, 0.6) is 0 Å². The second-order valence-corrected chi connectivity index (χ2v) is 9.42. The predicted octanol–water partition coefficient (Wildman–Crippen LogP) is 3.71. The second kappa shape index (κ2) is 12.7. The molecule has 4 rings (SSSR count). The van der Waals surface area contributed by atoms with Crippen LogP contribution in [0.15, 0.2) is 64.8 Å². The number of hydrogen-bond donors (Lipinski definition) is 0. The van der Waals surface area contributed by atoms with Gasteiger partial charge in [0, 0.05) is 16.7 Å². The molecule has 2 aliphatic heterocycles. The van der Waals surface area contributed by atoms with E-state index < -0.39 is 35.6 Å². The molecule has 0 spiro atoms. The smallest absolute Gasteiger partial charge is 0.336 e. The summed E-state index contributed by atoms with van der Waals surface area (Å²) in [6.07, 6.45) is 0.0112. The quantitative estimate of drug-likeness (QED) is 0.242. The third-order valence-corrected chi connectivity index (χ3v) is 6.99. The molecule has 2 amide bonds. The van der Waals surface area contributed by atoms with Crippen molar-refractivity contribution in [2.75, 3.05) is 33.5 Å². The van der Waals surface area contributed by atoms with Gasteiger partial charge in [0.25, 0.3) is 11.8 Å². The standard InChI is InChI=1S/C29H26ClN3O7/c1-17-23(29(37)40-14-7-12-31)24(20-10-5-6-11-21(20)30)25(28(36)38-2)22(32-17)16-39-15-13-33-26(34)18-8-3-4-9-19(18)27(33)35/h3-6,8-11,23-24H,7,13-16H2,1-2H3. The Labute approximate surface area is 235 Å². The maximum atomic E-state index is 13.2. The summed E-state index contributed by atoms with van der Waals surface area (Å²) in [6.45, 7) is 1.33. The molecule has 206 valence electrons. The average Bonchev–Trinajstić information content (AvgIpc) is 3.19. The normalized spacial score (nSPS) is 18.2. The molecule has 0 fully saturated rings. The molecule has 0 bridgehead atoms. The molecule has 11 heteroatoms. The molecule has 0 saturated heterocycles. The number of imide groups is 1. The van der Waals surface area contributed by atoms with Crippen LogP contribution in [-0.4, -0.2) is 67.8 Å². The number of carbonyl (C=O) groups is 4. The lowest BCUT2D eigenvalue weighted by molar-refractivity contribution is -0.146. The summed E-state index contributed by atoms with van der Waals surface area (Å²) in [5.41, 5.74) is 1.82. The highest BCUT2D eigenvalue weighted by Gasteiger charge is 2.44. The minimum absolute atomic E-state index is 0.00232. The van der Waals surface area contributed by atoms with E-state index in [1.54, 1.807) is 55.5 Å². The lowest BCUT2D eigenvalue weighted by Gasteiger charge is -2.32. The van der Waals surface area contributed by atoms with E-state index in [2.05, 4.69) is 4.99 Å². The van der Waals surface area contributed by atoms with Gasteiger partial charge in [0.05, 0.1) is 61.8 Å². The highest BCUT2D eigenvalue weighted by atomic mass is 35.5. The molecule has 0 aliphatic carbocycles. The zero-order valence-electron chi connectivity index (χ0n) is 21.9. The number of halogens is 1. The zero-order valence-corrected chi connectivity index (χ0v) is 22.6. The fraction of sp³-hybridized carbons (Fsp3) is 0.310. The maximum absolute atomic E-state index is 13.2. The molecule has 2 unspecified atom stereocenters. The molecular formula is C29H26ClN3O7. The van der Waals surface area contributed by atoms with Gasteiger partial charge in [-0.2, -0.15) is 5.26 Å². The first-order valence-corrected chi connectivity index (χ1v) is 12.9. The number of carbonyl (C=O) groups excluding carboxylic acids is 4. The molecule has 40 heavy (non-hydrogen) atoms. The van der Waals surface area contributed by atoms with Crippen molar-refractivity contribution >= 4 is 41.1 Å². The van der Waals surface area contributed by atoms with Crippen molar-refractivity contribution in [2.45, 2.75) is 19.3 Å². The first kappa shape index (κ1) is 28.7. The number of rotatable bonds is 10. The second-order valence-electron chi connectivity index (χ2n) is 9.02. The molecule has 0 radical (unpaired) electrons. The van der Waals surface area contributed by atoms with Gasteiger partial charge in [-0.05, 0) is 30.7 Å². The Morgan fingerprint density at radius 2 is 1.70 bits per heavy atom. The van der Waals surface area contributed by atoms with Crippen molar-refractivity contribution in [3.8, 4) is 6.07 Å². The maximum Gasteiger partial charge on any atom is 0.336 e. The fourth-order valence-corrected chi connectivity index (χ4v) is 5.07. The highest BCUT2D eigenvalue weighted by molar-refractivity contribution is 6.31. The van der Waals surface area contributed by atoms with Gasteiger partial charge < -0.3 is 14.2 Å². The Morgan fingerprint density at radius 3 is 2.33 bits per heavy atom. The van der Waals surface area contributed by atoms with Crippen molar-refractivity contribution in [3.63, 3.8) is 0 Å². The number of nitrogens with zero attached hydrogens (tertiary/aromatic N) is 3. The summed E-state index contributed by atoms with van der Waals surface area (Å²) in [6, 6.07) is 15.3. The molecule has 2 atom stereocenters. The summed E-state index contributed by atoms with van der Waals surface area (Å²) < 4.78 is 16.2.